The average Bonchev–Trinajstić information content (AvgIpc) is 3.18. The molecule has 0 aromatic rings. The summed E-state index contributed by atoms with van der Waals surface area (Å²) in [4.78, 5) is 0. The van der Waals surface area contributed by atoms with Crippen molar-refractivity contribution in [1.82, 2.24) is 5.32 Å². The van der Waals surface area contributed by atoms with Gasteiger partial charge in [-0.05, 0) is 38.1 Å². The first-order chi connectivity index (χ1) is 8.86. The second-order valence-electron chi connectivity index (χ2n) is 6.25. The number of rotatable bonds is 13. The first-order valence-corrected chi connectivity index (χ1v) is 8.60. The maximum absolute atomic E-state index is 3.71. The van der Waals surface area contributed by atoms with E-state index in [1.54, 1.807) is 0 Å². The van der Waals surface area contributed by atoms with Crippen LogP contribution in [0.15, 0.2) is 0 Å². The van der Waals surface area contributed by atoms with Crippen LogP contribution in [0.1, 0.15) is 90.9 Å². The van der Waals surface area contributed by atoms with Gasteiger partial charge in [0.05, 0.1) is 0 Å². The van der Waals surface area contributed by atoms with E-state index >= 15 is 0 Å². The molecule has 18 heavy (non-hydrogen) atoms. The largest absolute Gasteiger partial charge is 0.314 e. The second kappa shape index (κ2) is 10.8. The minimum absolute atomic E-state index is 0.887. The highest BCUT2D eigenvalue weighted by Gasteiger charge is 2.21. The molecule has 0 heterocycles. The monoisotopic (exact) mass is 253 g/mol. The van der Waals surface area contributed by atoms with Gasteiger partial charge in [0.2, 0.25) is 0 Å². The van der Waals surface area contributed by atoms with Crippen molar-refractivity contribution in [3.8, 4) is 0 Å². The Hall–Kier alpha value is -0.0400. The first kappa shape index (κ1) is 16.0. The molecule has 1 nitrogen and oxygen atoms in total. The van der Waals surface area contributed by atoms with Crippen molar-refractivity contribution in [2.45, 2.75) is 96.9 Å². The maximum atomic E-state index is 3.71. The summed E-state index contributed by atoms with van der Waals surface area (Å²) in [5, 5.41) is 3.71. The standard InChI is InChI=1S/C17H35N/c1-3-5-6-7-8-9-10-12-16(11-4-2)15-18-17-13-14-17/h16-18H,3-15H2,1-2H3. The van der Waals surface area contributed by atoms with E-state index in [-0.39, 0.29) is 0 Å². The minimum Gasteiger partial charge on any atom is -0.314 e. The van der Waals surface area contributed by atoms with Crippen molar-refractivity contribution in [2.75, 3.05) is 6.54 Å². The molecule has 0 radical (unpaired) electrons. The third kappa shape index (κ3) is 8.97. The van der Waals surface area contributed by atoms with Crippen LogP contribution >= 0.6 is 0 Å². The molecule has 1 saturated carbocycles. The SMILES string of the molecule is CCCCCCCCCC(CCC)CNC1CC1. The molecule has 1 atom stereocenters. The molecular formula is C17H35N. The molecule has 1 unspecified atom stereocenters. The molecule has 1 fully saturated rings. The number of hydrogen-bond donors (Lipinski definition) is 1. The lowest BCUT2D eigenvalue weighted by Crippen LogP contribution is -2.24. The molecule has 0 aromatic heterocycles. The van der Waals surface area contributed by atoms with Crippen LogP contribution in [0.3, 0.4) is 0 Å². The molecule has 1 heteroatoms. The molecular weight excluding hydrogens is 218 g/mol. The highest BCUT2D eigenvalue weighted by Crippen LogP contribution is 2.21. The Kier molecular flexibility index (Phi) is 9.65. The third-order valence-electron chi connectivity index (χ3n) is 4.19. The Morgan fingerprint density at radius 1 is 0.833 bits per heavy atom. The fraction of sp³-hybridized carbons (Fsp3) is 1.00. The topological polar surface area (TPSA) is 12.0 Å². The predicted molar refractivity (Wildman–Crippen MR) is 82.0 cm³/mol. The lowest BCUT2D eigenvalue weighted by molar-refractivity contribution is 0.393. The number of hydrogen-bond acceptors (Lipinski definition) is 1. The summed E-state index contributed by atoms with van der Waals surface area (Å²) in [6, 6.07) is 0.887. The van der Waals surface area contributed by atoms with E-state index in [4.69, 9.17) is 0 Å². The molecule has 0 saturated heterocycles. The number of nitrogens with one attached hydrogen (secondary N) is 1. The van der Waals surface area contributed by atoms with Gasteiger partial charge in [-0.1, -0.05) is 65.2 Å². The van der Waals surface area contributed by atoms with Gasteiger partial charge in [0.15, 0.2) is 0 Å². The van der Waals surface area contributed by atoms with Crippen molar-refractivity contribution < 1.29 is 0 Å². The summed E-state index contributed by atoms with van der Waals surface area (Å²) in [7, 11) is 0. The van der Waals surface area contributed by atoms with Crippen LogP contribution in [0.4, 0.5) is 0 Å². The van der Waals surface area contributed by atoms with Gasteiger partial charge in [-0.15, -0.1) is 0 Å². The van der Waals surface area contributed by atoms with Crippen molar-refractivity contribution in [3.63, 3.8) is 0 Å². The summed E-state index contributed by atoms with van der Waals surface area (Å²) in [5.74, 6) is 0.950. The zero-order valence-corrected chi connectivity index (χ0v) is 12.8. The fourth-order valence-corrected chi connectivity index (χ4v) is 2.77. The minimum atomic E-state index is 0.887. The summed E-state index contributed by atoms with van der Waals surface area (Å²) in [5.41, 5.74) is 0. The van der Waals surface area contributed by atoms with Gasteiger partial charge in [0, 0.05) is 6.04 Å². The second-order valence-corrected chi connectivity index (χ2v) is 6.25. The van der Waals surface area contributed by atoms with Gasteiger partial charge >= 0.3 is 0 Å². The molecule has 0 amide bonds. The van der Waals surface area contributed by atoms with Crippen molar-refractivity contribution in [2.24, 2.45) is 5.92 Å². The van der Waals surface area contributed by atoms with E-state index in [0.29, 0.717) is 0 Å². The van der Waals surface area contributed by atoms with Crippen LogP contribution in [-0.4, -0.2) is 12.6 Å². The van der Waals surface area contributed by atoms with E-state index in [2.05, 4.69) is 19.2 Å². The molecule has 1 aliphatic rings. The van der Waals surface area contributed by atoms with Crippen molar-refractivity contribution in [3.05, 3.63) is 0 Å². The smallest absolute Gasteiger partial charge is 0.00683 e. The normalized spacial score (nSPS) is 17.0. The lowest BCUT2D eigenvalue weighted by Gasteiger charge is -2.16. The predicted octanol–water partition coefficient (Wildman–Crippen LogP) is 5.30. The van der Waals surface area contributed by atoms with Crippen molar-refractivity contribution in [1.29, 1.82) is 0 Å². The summed E-state index contributed by atoms with van der Waals surface area (Å²) in [6.45, 7) is 5.91. The van der Waals surface area contributed by atoms with Gasteiger partial charge in [0.1, 0.15) is 0 Å². The highest BCUT2D eigenvalue weighted by atomic mass is 14.9. The molecule has 0 spiro atoms. The van der Waals surface area contributed by atoms with E-state index in [1.807, 2.05) is 0 Å². The molecule has 1 N–H and O–H groups in total. The summed E-state index contributed by atoms with van der Waals surface area (Å²) >= 11 is 0. The summed E-state index contributed by atoms with van der Waals surface area (Å²) < 4.78 is 0. The van der Waals surface area contributed by atoms with Gasteiger partial charge in [0.25, 0.3) is 0 Å². The van der Waals surface area contributed by atoms with Crippen molar-refractivity contribution >= 4 is 0 Å². The Morgan fingerprint density at radius 3 is 2.11 bits per heavy atom. The van der Waals surface area contributed by atoms with Crippen LogP contribution in [0.5, 0.6) is 0 Å². The molecule has 0 aliphatic heterocycles. The average molecular weight is 253 g/mol. The first-order valence-electron chi connectivity index (χ1n) is 8.60. The quantitative estimate of drug-likeness (QED) is 0.439. The zero-order chi connectivity index (χ0) is 13.1. The van der Waals surface area contributed by atoms with Crippen LogP contribution in [0.25, 0.3) is 0 Å². The maximum Gasteiger partial charge on any atom is 0.00683 e. The highest BCUT2D eigenvalue weighted by molar-refractivity contribution is 4.81. The van der Waals surface area contributed by atoms with E-state index < -0.39 is 0 Å². The molecule has 0 bridgehead atoms. The van der Waals surface area contributed by atoms with Gasteiger partial charge in [-0.3, -0.25) is 0 Å². The molecule has 108 valence electrons. The van der Waals surface area contributed by atoms with Crippen LogP contribution in [-0.2, 0) is 0 Å². The van der Waals surface area contributed by atoms with Gasteiger partial charge in [-0.2, -0.15) is 0 Å². The summed E-state index contributed by atoms with van der Waals surface area (Å²) in [6.07, 6.45) is 17.2. The van der Waals surface area contributed by atoms with E-state index in [9.17, 15) is 0 Å². The van der Waals surface area contributed by atoms with Gasteiger partial charge in [-0.25, -0.2) is 0 Å². The third-order valence-corrected chi connectivity index (χ3v) is 4.19. The molecule has 1 rings (SSSR count). The zero-order valence-electron chi connectivity index (χ0n) is 12.8. The van der Waals surface area contributed by atoms with Gasteiger partial charge < -0.3 is 5.32 Å². The number of unbranched alkanes of at least 4 members (excludes halogenated alkanes) is 6. The molecule has 1 aliphatic carbocycles. The Labute approximate surface area is 115 Å². The van der Waals surface area contributed by atoms with Crippen LogP contribution < -0.4 is 5.32 Å². The molecule has 0 aromatic carbocycles. The Balaban J connectivity index is 1.91. The van der Waals surface area contributed by atoms with Crippen LogP contribution in [0.2, 0.25) is 0 Å². The van der Waals surface area contributed by atoms with E-state index in [0.717, 1.165) is 12.0 Å². The Morgan fingerprint density at radius 2 is 1.50 bits per heavy atom. The van der Waals surface area contributed by atoms with Crippen LogP contribution in [0, 0.1) is 5.92 Å². The Bertz CT molecular complexity index is 174. The van der Waals surface area contributed by atoms with E-state index in [1.165, 1.54) is 83.6 Å². The lowest BCUT2D eigenvalue weighted by atomic mass is 9.96. The fourth-order valence-electron chi connectivity index (χ4n) is 2.77.